The van der Waals surface area contributed by atoms with Gasteiger partial charge in [-0.3, -0.25) is 19.2 Å². The number of hydrogen-bond acceptors (Lipinski definition) is 9. The number of Topliss-reactive ketones (excluding diaryl/α,β-unsaturated/α-hetero) is 1. The summed E-state index contributed by atoms with van der Waals surface area (Å²) >= 11 is 0. The van der Waals surface area contributed by atoms with E-state index in [1.54, 1.807) is 11.0 Å². The minimum Gasteiger partial charge on any atom is -0.384 e. The van der Waals surface area contributed by atoms with Crippen LogP contribution in [0.15, 0.2) is 79.4 Å². The van der Waals surface area contributed by atoms with Crippen molar-refractivity contribution in [3.05, 3.63) is 90.5 Å². The highest BCUT2D eigenvalue weighted by atomic mass is 16.7. The molecule has 5 saturated heterocycles. The van der Waals surface area contributed by atoms with Crippen LogP contribution in [0.2, 0.25) is 0 Å². The topological polar surface area (TPSA) is 153 Å². The zero-order valence-electron chi connectivity index (χ0n) is 37.8. The molecule has 0 bridgehead atoms. The standard InChI is InChI=1S/C51H66N4O8/c1-8-10-11-13-18-30(3)25-31(4)23-24-39(57)52-36-28-51(42-40(61-42)50(60,27-32(5)56)41-43(51)62-41)63-46(36)55-37-22-17-16-21-34(37)49(48(6,7)9-2)29-38-44(58)53-35(45(59)54(38)47(49)55)26-33-19-14-12-15-20-33/h9,12,14-17,19-24,30-31,35-36,38,40-43,46-47,60H,2,8,10-11,13,18,25-29H2,1,3-7H3,(H,52,57)(H,53,58)/b24-23+/t30-,31+,35+,36+,38+,40-,41+,42+,43-,46+,47-,49-,50?,51?/m1/s1. The fraction of sp³-hybridized carbons (Fsp3) is 0.608. The van der Waals surface area contributed by atoms with Crippen LogP contribution in [0.4, 0.5) is 5.69 Å². The Bertz CT molecular complexity index is 2140. The number of carbonyl (C=O) groups is 4. The number of benzene rings is 2. The Morgan fingerprint density at radius 1 is 0.984 bits per heavy atom. The lowest BCUT2D eigenvalue weighted by molar-refractivity contribution is -0.150. The number of rotatable bonds is 17. The quantitative estimate of drug-likeness (QED) is 0.0748. The Balaban J connectivity index is 1.09. The van der Waals surface area contributed by atoms with Gasteiger partial charge in [-0.25, -0.2) is 0 Å². The summed E-state index contributed by atoms with van der Waals surface area (Å²) in [5.41, 5.74) is -1.25. The summed E-state index contributed by atoms with van der Waals surface area (Å²) in [4.78, 5) is 60.1. The van der Waals surface area contributed by atoms with Crippen molar-refractivity contribution in [1.82, 2.24) is 15.5 Å². The SMILES string of the molecule is C=CC(C)(C)[C@@]12C[C@H]3C(=O)N[C@@H](Cc4ccccc4)C(=O)N3[C@@H]1N([C@H]1OC3(C[C@@H]1NC(=O)/C=C/[C@H](C)C[C@H](C)CCCCCC)[C@@H]1O[C@@H]1C(O)(CC(C)=O)[C@@H]1O[C@@H]13)c1ccccc12. The Morgan fingerprint density at radius 2 is 1.68 bits per heavy atom. The number of ketones is 1. The lowest BCUT2D eigenvalue weighted by Crippen LogP contribution is -2.68. The van der Waals surface area contributed by atoms with Crippen LogP contribution in [0, 0.1) is 17.3 Å². The number of allylic oxidation sites excluding steroid dienone is 2. The Morgan fingerprint density at radius 3 is 2.37 bits per heavy atom. The van der Waals surface area contributed by atoms with Crippen LogP contribution in [-0.2, 0) is 45.2 Å². The number of epoxide rings is 2. The summed E-state index contributed by atoms with van der Waals surface area (Å²) in [6.07, 6.45) is 9.42. The van der Waals surface area contributed by atoms with E-state index in [4.69, 9.17) is 14.2 Å². The van der Waals surface area contributed by atoms with Crippen molar-refractivity contribution in [2.75, 3.05) is 4.90 Å². The maximum absolute atomic E-state index is 15.2. The molecule has 1 spiro atoms. The third-order valence-corrected chi connectivity index (χ3v) is 15.8. The third-order valence-electron chi connectivity index (χ3n) is 15.8. The number of unbranched alkanes of at least 4 members (excludes halogenated alkanes) is 3. The Hall–Kier alpha value is -4.36. The number of anilines is 1. The first-order valence-electron chi connectivity index (χ1n) is 23.5. The van der Waals surface area contributed by atoms with E-state index in [0.717, 1.165) is 23.2 Å². The van der Waals surface area contributed by atoms with Crippen molar-refractivity contribution in [2.24, 2.45) is 17.3 Å². The van der Waals surface area contributed by atoms with Crippen LogP contribution in [0.3, 0.4) is 0 Å². The lowest BCUT2D eigenvalue weighted by atomic mass is 9.60. The minimum absolute atomic E-state index is 0.0965. The summed E-state index contributed by atoms with van der Waals surface area (Å²) in [6, 6.07) is 15.6. The molecule has 2 aromatic carbocycles. The van der Waals surface area contributed by atoms with Gasteiger partial charge in [0.15, 0.2) is 6.23 Å². The number of piperazine rings is 1. The van der Waals surface area contributed by atoms with Crippen LogP contribution in [0.5, 0.6) is 0 Å². The second kappa shape index (κ2) is 16.3. The summed E-state index contributed by atoms with van der Waals surface area (Å²) in [5.74, 6) is -0.0678. The van der Waals surface area contributed by atoms with Crippen molar-refractivity contribution in [3.8, 4) is 0 Å². The fourth-order valence-electron chi connectivity index (χ4n) is 12.6. The Labute approximate surface area is 372 Å². The number of hydrogen-bond donors (Lipinski definition) is 3. The Kier molecular flexibility index (Phi) is 11.3. The number of nitrogens with one attached hydrogen (secondary N) is 2. The normalized spacial score (nSPS) is 36.8. The van der Waals surface area contributed by atoms with Crippen molar-refractivity contribution in [3.63, 3.8) is 0 Å². The predicted molar refractivity (Wildman–Crippen MR) is 238 cm³/mol. The molecule has 14 atom stereocenters. The zero-order chi connectivity index (χ0) is 44.6. The number of para-hydroxylation sites is 1. The number of ether oxygens (including phenoxy) is 3. The van der Waals surface area contributed by atoms with Crippen molar-refractivity contribution in [2.45, 2.75) is 177 Å². The van der Waals surface area contributed by atoms with Gasteiger partial charge in [0.2, 0.25) is 17.7 Å². The van der Waals surface area contributed by atoms with E-state index in [1.807, 2.05) is 60.7 Å². The molecule has 1 saturated carbocycles. The average molecular weight is 863 g/mol. The molecule has 6 heterocycles. The van der Waals surface area contributed by atoms with Crippen LogP contribution >= 0.6 is 0 Å². The highest BCUT2D eigenvalue weighted by Gasteiger charge is 2.84. The molecule has 0 aromatic heterocycles. The van der Waals surface area contributed by atoms with Crippen LogP contribution < -0.4 is 15.5 Å². The maximum Gasteiger partial charge on any atom is 0.247 e. The van der Waals surface area contributed by atoms with Gasteiger partial charge in [0.25, 0.3) is 0 Å². The molecule has 2 unspecified atom stereocenters. The number of nitrogens with zero attached hydrogens (tertiary/aromatic N) is 2. The van der Waals surface area contributed by atoms with Gasteiger partial charge in [0.1, 0.15) is 59.7 Å². The second-order valence-electron chi connectivity index (χ2n) is 20.5. The lowest BCUT2D eigenvalue weighted by Gasteiger charge is -2.48. The first-order valence-corrected chi connectivity index (χ1v) is 23.5. The van der Waals surface area contributed by atoms with Crippen LogP contribution in [-0.4, -0.2) is 99.6 Å². The van der Waals surface area contributed by atoms with E-state index in [9.17, 15) is 19.5 Å². The number of amides is 3. The number of fused-ring (bicyclic) bond motifs is 9. The van der Waals surface area contributed by atoms with E-state index in [-0.39, 0.29) is 35.8 Å². The first kappa shape index (κ1) is 43.9. The summed E-state index contributed by atoms with van der Waals surface area (Å²) in [7, 11) is 0. The molecule has 1 aliphatic carbocycles. The molecule has 6 aliphatic heterocycles. The molecule has 6 fully saturated rings. The van der Waals surface area contributed by atoms with Gasteiger partial charge in [-0.2, -0.15) is 0 Å². The highest BCUT2D eigenvalue weighted by Crippen LogP contribution is 2.67. The van der Waals surface area contributed by atoms with Gasteiger partial charge < -0.3 is 39.8 Å². The molecule has 7 aliphatic rings. The molecule has 0 radical (unpaired) electrons. The highest BCUT2D eigenvalue weighted by molar-refractivity contribution is 5.99. The molecule has 338 valence electrons. The second-order valence-corrected chi connectivity index (χ2v) is 20.5. The van der Waals surface area contributed by atoms with E-state index < -0.39 is 77.0 Å². The summed E-state index contributed by atoms with van der Waals surface area (Å²) in [5, 5.41) is 18.3. The van der Waals surface area contributed by atoms with E-state index in [2.05, 4.69) is 62.8 Å². The van der Waals surface area contributed by atoms with Gasteiger partial charge in [-0.1, -0.05) is 127 Å². The van der Waals surface area contributed by atoms with E-state index in [0.29, 0.717) is 25.2 Å². The molecule has 12 nitrogen and oxygen atoms in total. The third kappa shape index (κ3) is 7.18. The molecule has 63 heavy (non-hydrogen) atoms. The monoisotopic (exact) mass is 862 g/mol. The largest absolute Gasteiger partial charge is 0.384 e. The van der Waals surface area contributed by atoms with Gasteiger partial charge in [0, 0.05) is 30.4 Å². The molecule has 9 rings (SSSR count). The number of aliphatic hydroxyl groups is 1. The molecule has 2 aromatic rings. The van der Waals surface area contributed by atoms with Crippen molar-refractivity contribution in [1.29, 1.82) is 0 Å². The predicted octanol–water partition coefficient (Wildman–Crippen LogP) is 6.04. The molecular formula is C51H66N4O8. The van der Waals surface area contributed by atoms with Crippen molar-refractivity contribution < 1.29 is 38.5 Å². The minimum atomic E-state index is -1.48. The molecule has 3 N–H and O–H groups in total. The van der Waals surface area contributed by atoms with Crippen LogP contribution in [0.25, 0.3) is 0 Å². The fourth-order valence-corrected chi connectivity index (χ4v) is 12.6. The average Bonchev–Trinajstić information content (AvgIpc) is 4.16. The summed E-state index contributed by atoms with van der Waals surface area (Å²) < 4.78 is 20.0. The molecular weight excluding hydrogens is 797 g/mol. The van der Waals surface area contributed by atoms with Crippen molar-refractivity contribution >= 4 is 29.2 Å². The first-order chi connectivity index (χ1) is 30.1. The van der Waals surface area contributed by atoms with Gasteiger partial charge in [-0.05, 0) is 60.3 Å². The number of carbonyl (C=O) groups excluding carboxylic acids is 4. The molecule has 12 heteroatoms. The van der Waals surface area contributed by atoms with Crippen LogP contribution in [0.1, 0.15) is 110 Å². The maximum atomic E-state index is 15.2. The van der Waals surface area contributed by atoms with Gasteiger partial charge >= 0.3 is 0 Å². The smallest absolute Gasteiger partial charge is 0.247 e. The zero-order valence-corrected chi connectivity index (χ0v) is 37.8. The van der Waals surface area contributed by atoms with E-state index >= 15 is 4.79 Å². The van der Waals surface area contributed by atoms with Gasteiger partial charge in [0.05, 0.1) is 6.04 Å². The van der Waals surface area contributed by atoms with Gasteiger partial charge in [-0.15, -0.1) is 6.58 Å². The van der Waals surface area contributed by atoms with E-state index in [1.165, 1.54) is 39.0 Å². The molecule has 3 amide bonds. The summed E-state index contributed by atoms with van der Waals surface area (Å²) in [6.45, 7) is 16.7.